The Hall–Kier alpha value is -2.36. The van der Waals surface area contributed by atoms with E-state index in [1.165, 1.54) is 17.1 Å². The largest absolute Gasteiger partial charge is 0.390 e. The van der Waals surface area contributed by atoms with Crippen LogP contribution in [0.4, 0.5) is 10.2 Å². The van der Waals surface area contributed by atoms with Crippen molar-refractivity contribution in [3.63, 3.8) is 0 Å². The number of nitrogen functional groups attached to an aromatic ring is 1. The van der Waals surface area contributed by atoms with E-state index in [0.29, 0.717) is 21.0 Å². The first kappa shape index (κ1) is 20.9. The topological polar surface area (TPSA) is 168 Å². The molecule has 0 bridgehead atoms. The summed E-state index contributed by atoms with van der Waals surface area (Å²) in [4.78, 5) is 8.51. The highest BCUT2D eigenvalue weighted by Crippen LogP contribution is 2.38. The van der Waals surface area contributed by atoms with Crippen LogP contribution < -0.4 is 10.9 Å². The Morgan fingerprint density at radius 1 is 1.37 bits per heavy atom. The molecule has 0 amide bonds. The second-order valence-electron chi connectivity index (χ2n) is 6.45. The number of halogens is 1. The van der Waals surface area contributed by atoms with Crippen molar-refractivity contribution in [3.05, 3.63) is 36.4 Å². The van der Waals surface area contributed by atoms with E-state index in [9.17, 15) is 17.9 Å². The Balaban J connectivity index is 1.67. The minimum atomic E-state index is -4.18. The molecule has 2 aromatic heterocycles. The molecule has 5 N–H and O–H groups in total. The highest BCUT2D eigenvalue weighted by atomic mass is 32.2. The van der Waals surface area contributed by atoms with Gasteiger partial charge in [-0.05, 0) is 12.1 Å². The Morgan fingerprint density at radius 2 is 2.13 bits per heavy atom. The van der Waals surface area contributed by atoms with Gasteiger partial charge < -0.3 is 15.6 Å². The van der Waals surface area contributed by atoms with Crippen LogP contribution in [0.25, 0.3) is 11.0 Å². The number of anilines is 1. The van der Waals surface area contributed by atoms with Gasteiger partial charge in [0.1, 0.15) is 29.1 Å². The second-order valence-corrected chi connectivity index (χ2v) is 8.70. The summed E-state index contributed by atoms with van der Waals surface area (Å²) in [6, 6.07) is 6.19. The maximum atomic E-state index is 14.1. The third-order valence-electron chi connectivity index (χ3n) is 4.40. The van der Waals surface area contributed by atoms with Gasteiger partial charge in [0.15, 0.2) is 11.9 Å². The van der Waals surface area contributed by atoms with Crippen LogP contribution in [0.1, 0.15) is 12.6 Å². The molecule has 0 unspecified atom stereocenters. The van der Waals surface area contributed by atoms with Gasteiger partial charge in [-0.3, -0.25) is 4.18 Å². The molecule has 1 saturated heterocycles. The Bertz CT molecular complexity index is 1190. The zero-order valence-electron chi connectivity index (χ0n) is 15.3. The fourth-order valence-corrected chi connectivity index (χ4v) is 4.31. The number of hydrogen-bond donors (Lipinski definition) is 3. The smallest absolute Gasteiger partial charge is 0.333 e. The maximum Gasteiger partial charge on any atom is 0.333 e. The van der Waals surface area contributed by atoms with Gasteiger partial charge in [-0.15, -0.1) is 0 Å². The van der Waals surface area contributed by atoms with E-state index in [-0.39, 0.29) is 12.2 Å². The molecule has 1 aliphatic rings. The van der Waals surface area contributed by atoms with Gasteiger partial charge >= 0.3 is 10.3 Å². The Morgan fingerprint density at radius 3 is 2.87 bits per heavy atom. The number of rotatable bonds is 6. The second kappa shape index (κ2) is 8.05. The van der Waals surface area contributed by atoms with Crippen LogP contribution >= 0.6 is 11.8 Å². The van der Waals surface area contributed by atoms with Gasteiger partial charge in [0.05, 0.1) is 18.1 Å². The van der Waals surface area contributed by atoms with Crippen LogP contribution in [-0.2, 0) is 19.2 Å². The fourth-order valence-electron chi connectivity index (χ4n) is 3.04. The van der Waals surface area contributed by atoms with E-state index in [1.807, 2.05) is 0 Å². The molecular weight excluding hydrogens is 439 g/mol. The van der Waals surface area contributed by atoms with E-state index in [0.717, 1.165) is 11.8 Å². The summed E-state index contributed by atoms with van der Waals surface area (Å²) in [5.74, 6) is -0.272. The molecule has 0 saturated carbocycles. The molecule has 0 radical (unpaired) electrons. The first-order chi connectivity index (χ1) is 14.2. The maximum absolute atomic E-state index is 14.1. The van der Waals surface area contributed by atoms with E-state index in [1.54, 1.807) is 18.2 Å². The van der Waals surface area contributed by atoms with Gasteiger partial charge in [0.2, 0.25) is 0 Å². The number of aliphatic hydroxyl groups excluding tert-OH is 1. The van der Waals surface area contributed by atoms with E-state index in [4.69, 9.17) is 15.6 Å². The van der Waals surface area contributed by atoms with Crippen LogP contribution in [0, 0.1) is 5.82 Å². The van der Waals surface area contributed by atoms with Crippen LogP contribution in [0.5, 0.6) is 0 Å². The molecule has 1 aliphatic heterocycles. The van der Waals surface area contributed by atoms with Gasteiger partial charge in [0.25, 0.3) is 0 Å². The summed E-state index contributed by atoms with van der Waals surface area (Å²) < 4.78 is 47.7. The van der Waals surface area contributed by atoms with Crippen LogP contribution in [0.3, 0.4) is 0 Å². The molecular formula is C16H17FN6O5S2. The number of aliphatic hydroxyl groups is 1. The number of aromatic nitrogens is 4. The lowest BCUT2D eigenvalue weighted by Crippen LogP contribution is -2.30. The standard InChI is InChI=1S/C16H17FN6O5S2/c17-8-3-1-2-4-11(8)29-16-13-14(18)20-7-21-15(13)23(22-16)12-5-9(24)10(28-12)6-27-30(19,25)26/h1-4,7,9-10,12,24H,5-6H2,(H2,18,20,21)(H2,19,25,26)/t9-,10-,12+/m0/s1. The summed E-state index contributed by atoms with van der Waals surface area (Å²) >= 11 is 1.05. The van der Waals surface area contributed by atoms with Crippen molar-refractivity contribution in [2.75, 3.05) is 12.3 Å². The quantitative estimate of drug-likeness (QED) is 0.476. The highest BCUT2D eigenvalue weighted by molar-refractivity contribution is 7.99. The zero-order valence-corrected chi connectivity index (χ0v) is 16.9. The van der Waals surface area contributed by atoms with Crippen molar-refractivity contribution in [1.29, 1.82) is 0 Å². The molecule has 0 aliphatic carbocycles. The minimum absolute atomic E-state index is 0.0864. The summed E-state index contributed by atoms with van der Waals surface area (Å²) in [5, 5.41) is 20.3. The first-order valence-electron chi connectivity index (χ1n) is 8.64. The van der Waals surface area contributed by atoms with E-state index in [2.05, 4.69) is 19.2 Å². The molecule has 0 spiro atoms. The van der Waals surface area contributed by atoms with Gasteiger partial charge in [-0.2, -0.15) is 13.5 Å². The van der Waals surface area contributed by atoms with Gasteiger partial charge in [-0.25, -0.2) is 24.2 Å². The molecule has 1 aromatic carbocycles. The van der Waals surface area contributed by atoms with E-state index < -0.39 is 41.2 Å². The third-order valence-corrected chi connectivity index (χ3v) is 5.90. The average Bonchev–Trinajstić information content (AvgIpc) is 3.23. The summed E-state index contributed by atoms with van der Waals surface area (Å²) in [5.41, 5.74) is 6.33. The monoisotopic (exact) mass is 456 g/mol. The summed E-state index contributed by atoms with van der Waals surface area (Å²) in [6.45, 7) is -0.455. The Kier molecular flexibility index (Phi) is 5.61. The number of fused-ring (bicyclic) bond motifs is 1. The molecule has 160 valence electrons. The predicted octanol–water partition coefficient (Wildman–Crippen LogP) is 0.567. The van der Waals surface area contributed by atoms with E-state index >= 15 is 0 Å². The van der Waals surface area contributed by atoms with Crippen molar-refractivity contribution in [1.82, 2.24) is 19.7 Å². The number of hydrogen-bond acceptors (Lipinski definition) is 10. The Labute approximate surface area is 174 Å². The molecule has 1 fully saturated rings. The van der Waals surface area contributed by atoms with Gasteiger partial charge in [-0.1, -0.05) is 23.9 Å². The first-order valence-corrected chi connectivity index (χ1v) is 10.9. The molecule has 3 atom stereocenters. The van der Waals surface area contributed by atoms with Crippen molar-refractivity contribution in [2.24, 2.45) is 5.14 Å². The average molecular weight is 456 g/mol. The third kappa shape index (κ3) is 4.23. The molecule has 4 rings (SSSR count). The number of benzene rings is 1. The molecule has 11 nitrogen and oxygen atoms in total. The van der Waals surface area contributed by atoms with Crippen LogP contribution in [-0.4, -0.2) is 52.1 Å². The number of nitrogens with two attached hydrogens (primary N) is 2. The van der Waals surface area contributed by atoms with Crippen molar-refractivity contribution < 1.29 is 26.8 Å². The lowest BCUT2D eigenvalue weighted by atomic mass is 10.2. The predicted molar refractivity (Wildman–Crippen MR) is 104 cm³/mol. The lowest BCUT2D eigenvalue weighted by molar-refractivity contribution is -0.0415. The normalized spacial score (nSPS) is 22.0. The SMILES string of the molecule is Nc1ncnc2c1c(Sc1ccccc1F)nn2[C@H]1C[C@H](O)[C@H](COS(N)(=O)=O)O1. The van der Waals surface area contributed by atoms with Crippen molar-refractivity contribution >= 4 is 38.9 Å². The summed E-state index contributed by atoms with van der Waals surface area (Å²) in [6.07, 6.45) is -1.43. The number of ether oxygens (including phenoxy) is 1. The minimum Gasteiger partial charge on any atom is -0.390 e. The molecule has 3 aromatic rings. The lowest BCUT2D eigenvalue weighted by Gasteiger charge is -2.14. The van der Waals surface area contributed by atoms with Crippen LogP contribution in [0.2, 0.25) is 0 Å². The van der Waals surface area contributed by atoms with Crippen molar-refractivity contribution in [3.8, 4) is 0 Å². The highest BCUT2D eigenvalue weighted by Gasteiger charge is 2.38. The number of nitrogens with zero attached hydrogens (tertiary/aromatic N) is 4. The molecule has 3 heterocycles. The zero-order chi connectivity index (χ0) is 21.5. The van der Waals surface area contributed by atoms with Crippen LogP contribution in [0.15, 0.2) is 40.5 Å². The van der Waals surface area contributed by atoms with Crippen molar-refractivity contribution in [2.45, 2.75) is 34.8 Å². The molecule has 30 heavy (non-hydrogen) atoms. The summed E-state index contributed by atoms with van der Waals surface area (Å²) in [7, 11) is -4.18. The fraction of sp³-hybridized carbons (Fsp3) is 0.312. The molecule has 14 heteroatoms. The van der Waals surface area contributed by atoms with Gasteiger partial charge in [0, 0.05) is 11.3 Å².